The van der Waals surface area contributed by atoms with Crippen LogP contribution in [0.1, 0.15) is 0 Å². The van der Waals surface area contributed by atoms with E-state index in [9.17, 15) is 0 Å². The first-order valence-electron chi connectivity index (χ1n) is 13.6. The quantitative estimate of drug-likeness (QED) is 0.220. The van der Waals surface area contributed by atoms with E-state index in [2.05, 4.69) is 157 Å². The Hall–Kier alpha value is -4.92. The summed E-state index contributed by atoms with van der Waals surface area (Å²) in [5.41, 5.74) is 5.98. The van der Waals surface area contributed by atoms with Crippen LogP contribution in [0.4, 0.5) is 17.1 Å². The van der Waals surface area contributed by atoms with Crippen LogP contribution in [-0.2, 0) is 0 Å². The normalized spacial score (nSPS) is 11.5. The van der Waals surface area contributed by atoms with Gasteiger partial charge in [0.1, 0.15) is 0 Å². The molecule has 0 radical (unpaired) electrons. The molecule has 0 aliphatic rings. The molecule has 0 aliphatic heterocycles. The van der Waals surface area contributed by atoms with Crippen molar-refractivity contribution in [1.29, 1.82) is 0 Å². The molecule has 8 rings (SSSR count). The van der Waals surface area contributed by atoms with E-state index in [1.807, 2.05) is 11.3 Å². The number of hydrogen-bond acceptors (Lipinski definition) is 2. The minimum atomic E-state index is 1.14. The number of thiophene rings is 1. The van der Waals surface area contributed by atoms with Crippen LogP contribution in [0.3, 0.4) is 0 Å². The third-order valence-electron chi connectivity index (χ3n) is 7.83. The summed E-state index contributed by atoms with van der Waals surface area (Å²) in [6.45, 7) is 0. The lowest BCUT2D eigenvalue weighted by atomic mass is 9.98. The summed E-state index contributed by atoms with van der Waals surface area (Å²) in [6.07, 6.45) is 0. The van der Waals surface area contributed by atoms with Crippen molar-refractivity contribution in [2.45, 2.75) is 0 Å². The molecule has 2 heteroatoms. The highest BCUT2D eigenvalue weighted by molar-refractivity contribution is 7.26. The molecule has 1 nitrogen and oxygen atoms in total. The second-order valence-electron chi connectivity index (χ2n) is 10.2. The fourth-order valence-corrected chi connectivity index (χ4v) is 7.22. The lowest BCUT2D eigenvalue weighted by Gasteiger charge is -2.27. The SMILES string of the molecule is c1ccc(N(c2ccc(-c3cccc4ccccc34)cc2)c2cc3ccccc3c3c2sc2ccccc23)cc1. The molecule has 40 heavy (non-hydrogen) atoms. The van der Waals surface area contributed by atoms with Crippen molar-refractivity contribution in [3.63, 3.8) is 0 Å². The molecule has 1 aromatic heterocycles. The molecule has 0 saturated heterocycles. The van der Waals surface area contributed by atoms with Crippen LogP contribution in [0.15, 0.2) is 152 Å². The maximum absolute atomic E-state index is 2.41. The molecule has 0 N–H and O–H groups in total. The average molecular weight is 528 g/mol. The second kappa shape index (κ2) is 9.37. The summed E-state index contributed by atoms with van der Waals surface area (Å²) >= 11 is 1.88. The van der Waals surface area contributed by atoms with Gasteiger partial charge in [-0.15, -0.1) is 11.3 Å². The van der Waals surface area contributed by atoms with Crippen molar-refractivity contribution in [3.8, 4) is 11.1 Å². The molecular formula is C38H25NS. The van der Waals surface area contributed by atoms with Gasteiger partial charge in [0.25, 0.3) is 0 Å². The van der Waals surface area contributed by atoms with Crippen molar-refractivity contribution in [3.05, 3.63) is 152 Å². The Labute approximate surface area is 237 Å². The summed E-state index contributed by atoms with van der Waals surface area (Å²) in [5, 5.41) is 7.75. The van der Waals surface area contributed by atoms with Crippen LogP contribution in [0, 0.1) is 0 Å². The van der Waals surface area contributed by atoms with Gasteiger partial charge in [-0.05, 0) is 69.1 Å². The summed E-state index contributed by atoms with van der Waals surface area (Å²) in [5.74, 6) is 0. The molecule has 1 heterocycles. The van der Waals surface area contributed by atoms with Gasteiger partial charge < -0.3 is 4.90 Å². The molecule has 0 aliphatic carbocycles. The molecule has 0 bridgehead atoms. The van der Waals surface area contributed by atoms with Gasteiger partial charge in [-0.25, -0.2) is 0 Å². The van der Waals surface area contributed by atoms with E-state index in [1.165, 1.54) is 58.5 Å². The maximum atomic E-state index is 2.41. The van der Waals surface area contributed by atoms with Gasteiger partial charge in [0.2, 0.25) is 0 Å². The molecule has 0 amide bonds. The van der Waals surface area contributed by atoms with Gasteiger partial charge in [0, 0.05) is 26.8 Å². The lowest BCUT2D eigenvalue weighted by molar-refractivity contribution is 1.30. The molecule has 0 atom stereocenters. The number of para-hydroxylation sites is 1. The maximum Gasteiger partial charge on any atom is 0.0646 e. The van der Waals surface area contributed by atoms with Gasteiger partial charge in [-0.1, -0.05) is 115 Å². The Balaban J connectivity index is 1.37. The first-order valence-corrected chi connectivity index (χ1v) is 14.4. The van der Waals surface area contributed by atoms with Crippen LogP contribution in [0.2, 0.25) is 0 Å². The molecule has 7 aromatic carbocycles. The van der Waals surface area contributed by atoms with E-state index in [0.717, 1.165) is 11.4 Å². The van der Waals surface area contributed by atoms with Crippen molar-refractivity contribution < 1.29 is 0 Å². The van der Waals surface area contributed by atoms with Crippen LogP contribution in [0.25, 0.3) is 52.8 Å². The zero-order valence-electron chi connectivity index (χ0n) is 21.8. The zero-order chi connectivity index (χ0) is 26.5. The highest BCUT2D eigenvalue weighted by Gasteiger charge is 2.20. The average Bonchev–Trinajstić information content (AvgIpc) is 3.42. The number of nitrogens with zero attached hydrogens (tertiary/aromatic N) is 1. The first-order chi connectivity index (χ1) is 19.8. The van der Waals surface area contributed by atoms with Crippen LogP contribution < -0.4 is 4.90 Å². The number of rotatable bonds is 4. The van der Waals surface area contributed by atoms with Crippen molar-refractivity contribution in [2.24, 2.45) is 0 Å². The standard InChI is InChI=1S/C38H25NS/c1-2-14-29(15-3-1)39(30-23-21-27(22-24-30)32-19-10-13-26-11-4-6-16-31(26)32)35-25-28-12-5-7-17-33(28)37-34-18-8-9-20-36(34)40-38(35)37/h1-25H. The number of hydrogen-bond donors (Lipinski definition) is 0. The van der Waals surface area contributed by atoms with E-state index in [4.69, 9.17) is 0 Å². The summed E-state index contributed by atoms with van der Waals surface area (Å²) in [6, 6.07) is 54.9. The Morgan fingerprint density at radius 3 is 1.90 bits per heavy atom. The predicted molar refractivity (Wildman–Crippen MR) is 174 cm³/mol. The second-order valence-corrected chi connectivity index (χ2v) is 11.2. The van der Waals surface area contributed by atoms with Gasteiger partial charge in [-0.2, -0.15) is 0 Å². The Morgan fingerprint density at radius 2 is 1.07 bits per heavy atom. The van der Waals surface area contributed by atoms with Gasteiger partial charge in [0.05, 0.1) is 10.4 Å². The molecule has 0 fully saturated rings. The summed E-state index contributed by atoms with van der Waals surface area (Å²) < 4.78 is 2.62. The highest BCUT2D eigenvalue weighted by atomic mass is 32.1. The predicted octanol–water partition coefficient (Wildman–Crippen LogP) is 11.5. The number of benzene rings is 7. The molecule has 188 valence electrons. The summed E-state index contributed by atoms with van der Waals surface area (Å²) in [7, 11) is 0. The Morgan fingerprint density at radius 1 is 0.450 bits per heavy atom. The van der Waals surface area contributed by atoms with E-state index in [0.29, 0.717) is 0 Å². The Bertz CT molecular complexity index is 2150. The van der Waals surface area contributed by atoms with E-state index < -0.39 is 0 Å². The fourth-order valence-electron chi connectivity index (χ4n) is 5.99. The van der Waals surface area contributed by atoms with E-state index in [-0.39, 0.29) is 0 Å². The molecular weight excluding hydrogens is 502 g/mol. The number of anilines is 3. The van der Waals surface area contributed by atoms with Gasteiger partial charge >= 0.3 is 0 Å². The molecule has 0 unspecified atom stereocenters. The molecule has 8 aromatic rings. The third kappa shape index (κ3) is 3.69. The fraction of sp³-hybridized carbons (Fsp3) is 0. The molecule has 0 saturated carbocycles. The van der Waals surface area contributed by atoms with Crippen LogP contribution in [-0.4, -0.2) is 0 Å². The van der Waals surface area contributed by atoms with Gasteiger partial charge in [-0.3, -0.25) is 0 Å². The van der Waals surface area contributed by atoms with E-state index >= 15 is 0 Å². The van der Waals surface area contributed by atoms with E-state index in [1.54, 1.807) is 0 Å². The largest absolute Gasteiger partial charge is 0.309 e. The zero-order valence-corrected chi connectivity index (χ0v) is 22.6. The first kappa shape index (κ1) is 23.0. The van der Waals surface area contributed by atoms with Crippen molar-refractivity contribution >= 4 is 70.1 Å². The minimum Gasteiger partial charge on any atom is -0.309 e. The molecule has 0 spiro atoms. The van der Waals surface area contributed by atoms with Crippen LogP contribution in [0.5, 0.6) is 0 Å². The monoisotopic (exact) mass is 527 g/mol. The highest BCUT2D eigenvalue weighted by Crippen LogP contribution is 2.48. The Kier molecular flexibility index (Phi) is 5.39. The van der Waals surface area contributed by atoms with Crippen molar-refractivity contribution in [1.82, 2.24) is 0 Å². The van der Waals surface area contributed by atoms with Gasteiger partial charge in [0.15, 0.2) is 0 Å². The summed E-state index contributed by atoms with van der Waals surface area (Å²) in [4.78, 5) is 2.41. The topological polar surface area (TPSA) is 3.24 Å². The smallest absolute Gasteiger partial charge is 0.0646 e. The minimum absolute atomic E-state index is 1.14. The van der Waals surface area contributed by atoms with Crippen molar-refractivity contribution in [2.75, 3.05) is 4.90 Å². The number of fused-ring (bicyclic) bond motifs is 6. The van der Waals surface area contributed by atoms with Crippen LogP contribution >= 0.6 is 11.3 Å². The third-order valence-corrected chi connectivity index (χ3v) is 9.03. The lowest BCUT2D eigenvalue weighted by Crippen LogP contribution is -2.10.